The molecular weight excluding hydrogens is 238 g/mol. The van der Waals surface area contributed by atoms with E-state index in [1.165, 1.54) is 11.8 Å². The lowest BCUT2D eigenvalue weighted by Gasteiger charge is -2.15. The van der Waals surface area contributed by atoms with Gasteiger partial charge in [-0.05, 0) is 13.0 Å². The summed E-state index contributed by atoms with van der Waals surface area (Å²) in [6.07, 6.45) is 0. The molecule has 0 unspecified atom stereocenters. The second kappa shape index (κ2) is 5.42. The van der Waals surface area contributed by atoms with E-state index in [0.717, 1.165) is 17.1 Å². The van der Waals surface area contributed by atoms with Crippen molar-refractivity contribution < 1.29 is 14.6 Å². The van der Waals surface area contributed by atoms with Crippen LogP contribution in [0.2, 0.25) is 0 Å². The fourth-order valence-electron chi connectivity index (χ4n) is 1.85. The minimum atomic E-state index is -0.814. The number of carboxylic acid groups (broad SMARTS) is 1. The van der Waals surface area contributed by atoms with Gasteiger partial charge in [0.2, 0.25) is 0 Å². The van der Waals surface area contributed by atoms with E-state index in [9.17, 15) is 4.79 Å². The topological polar surface area (TPSA) is 58.6 Å². The van der Waals surface area contributed by atoms with Gasteiger partial charge in [0.15, 0.2) is 5.37 Å². The minimum absolute atomic E-state index is 0.0452. The second-order valence-electron chi connectivity index (χ2n) is 3.74. The van der Waals surface area contributed by atoms with Gasteiger partial charge in [-0.25, -0.2) is 4.79 Å². The Balaban J connectivity index is 2.15. The van der Waals surface area contributed by atoms with Crippen LogP contribution >= 0.6 is 11.8 Å². The Labute approximate surface area is 104 Å². The molecule has 0 aliphatic carbocycles. The van der Waals surface area contributed by atoms with Crippen LogP contribution in [0.5, 0.6) is 5.75 Å². The van der Waals surface area contributed by atoms with Crippen molar-refractivity contribution in [1.29, 1.82) is 0 Å². The number of hydrogen-bond donors (Lipinski definition) is 2. The van der Waals surface area contributed by atoms with Gasteiger partial charge < -0.3 is 9.84 Å². The van der Waals surface area contributed by atoms with Crippen LogP contribution in [0.3, 0.4) is 0 Å². The smallest absolute Gasteiger partial charge is 0.331 e. The summed E-state index contributed by atoms with van der Waals surface area (Å²) in [5.41, 5.74) is 1.03. The molecule has 17 heavy (non-hydrogen) atoms. The van der Waals surface area contributed by atoms with Gasteiger partial charge in [-0.3, -0.25) is 5.32 Å². The fourth-order valence-corrected chi connectivity index (χ4v) is 2.91. The first-order valence-electron chi connectivity index (χ1n) is 5.54. The first kappa shape index (κ1) is 12.3. The molecule has 2 rings (SSSR count). The van der Waals surface area contributed by atoms with Crippen molar-refractivity contribution in [3.05, 3.63) is 29.8 Å². The van der Waals surface area contributed by atoms with Crippen LogP contribution < -0.4 is 10.1 Å². The fraction of sp³-hybridized carbons (Fsp3) is 0.417. The molecule has 1 aliphatic heterocycles. The molecule has 0 bridgehead atoms. The summed E-state index contributed by atoms with van der Waals surface area (Å²) in [6.45, 7) is 2.55. The molecule has 1 heterocycles. The van der Waals surface area contributed by atoms with Gasteiger partial charge in [0.05, 0.1) is 6.61 Å². The number of hydrogen-bond acceptors (Lipinski definition) is 4. The highest BCUT2D eigenvalue weighted by Crippen LogP contribution is 2.34. The number of thioether (sulfide) groups is 1. The van der Waals surface area contributed by atoms with Crippen LogP contribution in [0.1, 0.15) is 18.5 Å². The number of benzene rings is 1. The van der Waals surface area contributed by atoms with E-state index >= 15 is 0 Å². The molecule has 1 saturated heterocycles. The third-order valence-electron chi connectivity index (χ3n) is 2.60. The third kappa shape index (κ3) is 2.73. The zero-order chi connectivity index (χ0) is 12.3. The molecule has 4 nitrogen and oxygen atoms in total. The normalized spacial score (nSPS) is 23.6. The molecule has 1 fully saturated rings. The van der Waals surface area contributed by atoms with E-state index in [1.807, 2.05) is 31.2 Å². The Morgan fingerprint density at radius 3 is 3.00 bits per heavy atom. The predicted molar refractivity (Wildman–Crippen MR) is 67.4 cm³/mol. The minimum Gasteiger partial charge on any atom is -0.494 e. The van der Waals surface area contributed by atoms with Crippen LogP contribution in [0.25, 0.3) is 0 Å². The van der Waals surface area contributed by atoms with E-state index in [1.54, 1.807) is 0 Å². The van der Waals surface area contributed by atoms with Crippen LogP contribution in [0, 0.1) is 0 Å². The number of carboxylic acids is 1. The maximum Gasteiger partial charge on any atom is 0.331 e. The molecule has 5 heteroatoms. The lowest BCUT2D eigenvalue weighted by atomic mass is 10.1. The van der Waals surface area contributed by atoms with Gasteiger partial charge >= 0.3 is 5.97 Å². The van der Waals surface area contributed by atoms with E-state index in [0.29, 0.717) is 6.61 Å². The Kier molecular flexibility index (Phi) is 3.91. The first-order chi connectivity index (χ1) is 8.22. The molecule has 0 radical (unpaired) electrons. The molecule has 1 aliphatic rings. The highest BCUT2D eigenvalue weighted by atomic mass is 32.2. The van der Waals surface area contributed by atoms with Gasteiger partial charge in [-0.1, -0.05) is 18.2 Å². The summed E-state index contributed by atoms with van der Waals surface area (Å²) in [5.74, 6) is 0.770. The molecule has 0 saturated carbocycles. The van der Waals surface area contributed by atoms with Gasteiger partial charge in [0, 0.05) is 17.4 Å². The lowest BCUT2D eigenvalue weighted by Crippen LogP contribution is -2.30. The summed E-state index contributed by atoms with van der Waals surface area (Å²) >= 11 is 1.41. The van der Waals surface area contributed by atoms with Crippen molar-refractivity contribution in [2.24, 2.45) is 0 Å². The van der Waals surface area contributed by atoms with E-state index < -0.39 is 11.3 Å². The Morgan fingerprint density at radius 1 is 1.59 bits per heavy atom. The Morgan fingerprint density at radius 2 is 2.35 bits per heavy atom. The largest absolute Gasteiger partial charge is 0.494 e. The zero-order valence-electron chi connectivity index (χ0n) is 9.55. The van der Waals surface area contributed by atoms with Gasteiger partial charge in [0.25, 0.3) is 0 Å². The van der Waals surface area contributed by atoms with Crippen molar-refractivity contribution in [3.8, 4) is 5.75 Å². The van der Waals surface area contributed by atoms with E-state index in [-0.39, 0.29) is 6.04 Å². The van der Waals surface area contributed by atoms with Gasteiger partial charge in [-0.15, -0.1) is 11.8 Å². The summed E-state index contributed by atoms with van der Waals surface area (Å²) in [5, 5.41) is 11.5. The van der Waals surface area contributed by atoms with E-state index in [2.05, 4.69) is 5.32 Å². The molecule has 0 aromatic heterocycles. The highest BCUT2D eigenvalue weighted by molar-refractivity contribution is 8.00. The molecule has 92 valence electrons. The van der Waals surface area contributed by atoms with E-state index in [4.69, 9.17) is 9.84 Å². The number of ether oxygens (including phenoxy) is 1. The summed E-state index contributed by atoms with van der Waals surface area (Å²) in [4.78, 5) is 10.9. The summed E-state index contributed by atoms with van der Waals surface area (Å²) in [6, 6.07) is 7.81. The SMILES string of the molecule is CCOc1ccccc1[C@H]1CS[C@@H](C(=O)O)N1. The van der Waals surface area contributed by atoms with Gasteiger partial charge in [-0.2, -0.15) is 0 Å². The van der Waals surface area contributed by atoms with Gasteiger partial charge in [0.1, 0.15) is 5.75 Å². The molecule has 2 N–H and O–H groups in total. The monoisotopic (exact) mass is 253 g/mol. The van der Waals surface area contributed by atoms with Crippen molar-refractivity contribution in [3.63, 3.8) is 0 Å². The van der Waals surface area contributed by atoms with Crippen LogP contribution in [-0.2, 0) is 4.79 Å². The second-order valence-corrected chi connectivity index (χ2v) is 4.88. The third-order valence-corrected chi connectivity index (χ3v) is 3.80. The number of para-hydroxylation sites is 1. The first-order valence-corrected chi connectivity index (χ1v) is 6.59. The predicted octanol–water partition coefficient (Wildman–Crippen LogP) is 1.87. The quantitative estimate of drug-likeness (QED) is 0.858. The van der Waals surface area contributed by atoms with Crippen LogP contribution in [0.15, 0.2) is 24.3 Å². The Hall–Kier alpha value is -1.20. The average molecular weight is 253 g/mol. The zero-order valence-corrected chi connectivity index (χ0v) is 10.4. The van der Waals surface area contributed by atoms with Crippen molar-refractivity contribution >= 4 is 17.7 Å². The van der Waals surface area contributed by atoms with Crippen molar-refractivity contribution in [2.75, 3.05) is 12.4 Å². The number of nitrogens with one attached hydrogen (secondary N) is 1. The average Bonchev–Trinajstić information content (AvgIpc) is 2.79. The summed E-state index contributed by atoms with van der Waals surface area (Å²) in [7, 11) is 0. The highest BCUT2D eigenvalue weighted by Gasteiger charge is 2.31. The van der Waals surface area contributed by atoms with Crippen molar-refractivity contribution in [2.45, 2.75) is 18.3 Å². The maximum absolute atomic E-state index is 10.9. The molecule has 1 aromatic rings. The molecule has 1 aromatic carbocycles. The molecular formula is C12H15NO3S. The summed E-state index contributed by atoms with van der Waals surface area (Å²) < 4.78 is 5.55. The van der Waals surface area contributed by atoms with Crippen molar-refractivity contribution in [1.82, 2.24) is 5.32 Å². The molecule has 0 spiro atoms. The standard InChI is InChI=1S/C12H15NO3S/c1-2-16-10-6-4-3-5-8(10)9-7-17-11(13-9)12(14)15/h3-6,9,11,13H,2,7H2,1H3,(H,14,15)/t9-,11+/m1/s1. The molecule has 2 atom stereocenters. The Bertz CT molecular complexity index is 410. The van der Waals surface area contributed by atoms with Crippen LogP contribution in [-0.4, -0.2) is 28.8 Å². The number of rotatable bonds is 4. The number of aliphatic carboxylic acids is 1. The van der Waals surface area contributed by atoms with Crippen LogP contribution in [0.4, 0.5) is 0 Å². The number of carbonyl (C=O) groups is 1. The lowest BCUT2D eigenvalue weighted by molar-refractivity contribution is -0.137. The molecule has 0 amide bonds. The maximum atomic E-state index is 10.9.